The number of benzene rings is 1. The molecule has 0 N–H and O–H groups in total. The van der Waals surface area contributed by atoms with Gasteiger partial charge in [0.1, 0.15) is 17.4 Å². The summed E-state index contributed by atoms with van der Waals surface area (Å²) in [5, 5.41) is 10.4. The largest absolute Gasteiger partial charge is 0.328 e. The maximum atomic E-state index is 12.2. The van der Waals surface area contributed by atoms with Gasteiger partial charge >= 0.3 is 0 Å². The zero-order chi connectivity index (χ0) is 15.9. The predicted molar refractivity (Wildman–Crippen MR) is 87.4 cm³/mol. The summed E-state index contributed by atoms with van der Waals surface area (Å²) >= 11 is 0. The molecule has 1 aliphatic rings. The van der Waals surface area contributed by atoms with E-state index in [1.807, 2.05) is 49.7 Å². The highest BCUT2D eigenvalue weighted by Crippen LogP contribution is 2.34. The number of carbonyl (C=O) groups excluding carboxylic acids is 1. The molecule has 1 heterocycles. The molecule has 0 spiro atoms. The number of para-hydroxylation sites is 1. The fourth-order valence-corrected chi connectivity index (χ4v) is 2.98. The first-order valence-corrected chi connectivity index (χ1v) is 7.51. The van der Waals surface area contributed by atoms with Crippen molar-refractivity contribution in [2.75, 3.05) is 0 Å². The molecule has 0 bridgehead atoms. The van der Waals surface area contributed by atoms with Crippen molar-refractivity contribution in [1.29, 1.82) is 5.26 Å². The van der Waals surface area contributed by atoms with Gasteiger partial charge in [0.2, 0.25) is 0 Å². The lowest BCUT2D eigenvalue weighted by molar-refractivity contribution is -0.126. The molecule has 1 aliphatic carbocycles. The van der Waals surface area contributed by atoms with Crippen molar-refractivity contribution in [2.24, 2.45) is 17.5 Å². The topological polar surface area (TPSA) is 58.1 Å². The Hall–Kier alpha value is -2.41. The first-order chi connectivity index (χ1) is 10.4. The summed E-state index contributed by atoms with van der Waals surface area (Å²) in [5.74, 6) is 0.890. The van der Waals surface area contributed by atoms with Gasteiger partial charge in [0.05, 0.1) is 5.52 Å². The van der Waals surface area contributed by atoms with Crippen LogP contribution in [0.25, 0.3) is 10.9 Å². The van der Waals surface area contributed by atoms with E-state index >= 15 is 0 Å². The maximum Gasteiger partial charge on any atom is 0.151 e. The molecular formula is C18H19N3O. The van der Waals surface area contributed by atoms with E-state index in [2.05, 4.69) is 11.1 Å². The van der Waals surface area contributed by atoms with Crippen molar-refractivity contribution in [2.45, 2.75) is 33.1 Å². The SMILES string of the molecule is Cn1c(N=C2CCC(C)(C)C(=O)C2)c(C#N)c2ccccc21. The summed E-state index contributed by atoms with van der Waals surface area (Å²) in [4.78, 5) is 16.9. The monoisotopic (exact) mass is 293 g/mol. The van der Waals surface area contributed by atoms with E-state index < -0.39 is 0 Å². The molecule has 22 heavy (non-hydrogen) atoms. The summed E-state index contributed by atoms with van der Waals surface area (Å²) in [7, 11) is 1.91. The molecule has 112 valence electrons. The molecule has 0 aliphatic heterocycles. The summed E-state index contributed by atoms with van der Waals surface area (Å²) < 4.78 is 1.94. The summed E-state index contributed by atoms with van der Waals surface area (Å²) in [6.45, 7) is 3.98. The Morgan fingerprint density at radius 2 is 2.05 bits per heavy atom. The molecular weight excluding hydrogens is 274 g/mol. The van der Waals surface area contributed by atoms with Crippen molar-refractivity contribution < 1.29 is 4.79 Å². The van der Waals surface area contributed by atoms with Crippen LogP contribution < -0.4 is 0 Å². The van der Waals surface area contributed by atoms with Crippen LogP contribution in [0.1, 0.15) is 38.7 Å². The van der Waals surface area contributed by atoms with Gasteiger partial charge in [-0.15, -0.1) is 0 Å². The number of nitrogens with zero attached hydrogens (tertiary/aromatic N) is 3. The van der Waals surface area contributed by atoms with Crippen LogP contribution in [0.5, 0.6) is 0 Å². The Labute approximate surface area is 130 Å². The third kappa shape index (κ3) is 2.23. The highest BCUT2D eigenvalue weighted by molar-refractivity contribution is 6.07. The van der Waals surface area contributed by atoms with Crippen molar-refractivity contribution in [3.8, 4) is 6.07 Å². The number of nitriles is 1. The van der Waals surface area contributed by atoms with E-state index in [4.69, 9.17) is 0 Å². The molecule has 3 rings (SSSR count). The lowest BCUT2D eigenvalue weighted by atomic mass is 9.75. The Kier molecular flexibility index (Phi) is 3.37. The number of aliphatic imine (C=N–C) groups is 1. The highest BCUT2D eigenvalue weighted by atomic mass is 16.1. The van der Waals surface area contributed by atoms with Gasteiger partial charge in [0, 0.05) is 30.0 Å². The van der Waals surface area contributed by atoms with E-state index in [9.17, 15) is 10.1 Å². The predicted octanol–water partition coefficient (Wildman–Crippen LogP) is 3.90. The number of Topliss-reactive ketones (excluding diaryl/α,β-unsaturated/α-hetero) is 1. The van der Waals surface area contributed by atoms with Crippen molar-refractivity contribution in [3.63, 3.8) is 0 Å². The zero-order valence-electron chi connectivity index (χ0n) is 13.2. The Morgan fingerprint density at radius 3 is 2.73 bits per heavy atom. The van der Waals surface area contributed by atoms with Crippen molar-refractivity contribution >= 4 is 28.2 Å². The molecule has 4 nitrogen and oxygen atoms in total. The maximum absolute atomic E-state index is 12.2. The van der Waals surface area contributed by atoms with Crippen LogP contribution in [0.15, 0.2) is 29.3 Å². The van der Waals surface area contributed by atoms with Gasteiger partial charge in [-0.05, 0) is 18.9 Å². The van der Waals surface area contributed by atoms with E-state index in [1.54, 1.807) is 0 Å². The average Bonchev–Trinajstić information content (AvgIpc) is 2.76. The van der Waals surface area contributed by atoms with Crippen LogP contribution in [-0.2, 0) is 11.8 Å². The number of carbonyl (C=O) groups is 1. The quantitative estimate of drug-likeness (QED) is 0.800. The standard InChI is InChI=1S/C18H19N3O/c1-18(2)9-8-12(10-16(18)22)20-17-14(11-19)13-6-4-5-7-15(13)21(17)3/h4-7H,8-10H2,1-3H3. The third-order valence-electron chi connectivity index (χ3n) is 4.61. The molecule has 1 aromatic carbocycles. The molecule has 1 saturated carbocycles. The van der Waals surface area contributed by atoms with Crippen LogP contribution in [0, 0.1) is 16.7 Å². The van der Waals surface area contributed by atoms with Crippen LogP contribution in [0.4, 0.5) is 5.82 Å². The van der Waals surface area contributed by atoms with Gasteiger partial charge in [-0.2, -0.15) is 5.26 Å². The van der Waals surface area contributed by atoms with Gasteiger partial charge in [0.25, 0.3) is 0 Å². The molecule has 2 aromatic rings. The van der Waals surface area contributed by atoms with Gasteiger partial charge in [-0.3, -0.25) is 4.79 Å². The van der Waals surface area contributed by atoms with Crippen LogP contribution in [0.3, 0.4) is 0 Å². The molecule has 0 atom stereocenters. The summed E-state index contributed by atoms with van der Waals surface area (Å²) in [6.07, 6.45) is 2.01. The van der Waals surface area contributed by atoms with Crippen molar-refractivity contribution in [1.82, 2.24) is 4.57 Å². The fraction of sp³-hybridized carbons (Fsp3) is 0.389. The Balaban J connectivity index is 2.09. The second-order valence-electron chi connectivity index (χ2n) is 6.55. The van der Waals surface area contributed by atoms with E-state index in [0.29, 0.717) is 17.8 Å². The smallest absolute Gasteiger partial charge is 0.151 e. The number of rotatable bonds is 1. The number of ketones is 1. The summed E-state index contributed by atoms with van der Waals surface area (Å²) in [5.41, 5.74) is 2.20. The van der Waals surface area contributed by atoms with Crippen LogP contribution >= 0.6 is 0 Å². The number of fused-ring (bicyclic) bond motifs is 1. The van der Waals surface area contributed by atoms with E-state index in [-0.39, 0.29) is 11.2 Å². The number of hydrogen-bond acceptors (Lipinski definition) is 3. The first kappa shape index (κ1) is 14.5. The fourth-order valence-electron chi connectivity index (χ4n) is 2.98. The molecule has 4 heteroatoms. The van der Waals surface area contributed by atoms with Gasteiger partial charge in [0.15, 0.2) is 5.82 Å². The molecule has 0 saturated heterocycles. The van der Waals surface area contributed by atoms with Gasteiger partial charge in [-0.1, -0.05) is 32.0 Å². The van der Waals surface area contributed by atoms with E-state index in [1.165, 1.54) is 0 Å². The minimum absolute atomic E-state index is 0.231. The molecule has 0 unspecified atom stereocenters. The lowest BCUT2D eigenvalue weighted by Crippen LogP contribution is -2.32. The van der Waals surface area contributed by atoms with E-state index in [0.717, 1.165) is 29.5 Å². The third-order valence-corrected chi connectivity index (χ3v) is 4.61. The molecule has 1 aromatic heterocycles. The first-order valence-electron chi connectivity index (χ1n) is 7.51. The Morgan fingerprint density at radius 1 is 1.32 bits per heavy atom. The highest BCUT2D eigenvalue weighted by Gasteiger charge is 2.33. The molecule has 0 radical (unpaired) electrons. The summed E-state index contributed by atoms with van der Waals surface area (Å²) in [6, 6.07) is 10.1. The lowest BCUT2D eigenvalue weighted by Gasteiger charge is -2.28. The average molecular weight is 293 g/mol. The molecule has 0 amide bonds. The normalized spacial score (nSPS) is 19.5. The second kappa shape index (κ2) is 5.10. The van der Waals surface area contributed by atoms with Crippen LogP contribution in [-0.4, -0.2) is 16.1 Å². The Bertz CT molecular complexity index is 834. The minimum atomic E-state index is -0.254. The second-order valence-corrected chi connectivity index (χ2v) is 6.55. The zero-order valence-corrected chi connectivity index (χ0v) is 13.2. The number of hydrogen-bond donors (Lipinski definition) is 0. The number of aromatic nitrogens is 1. The van der Waals surface area contributed by atoms with Crippen LogP contribution in [0.2, 0.25) is 0 Å². The van der Waals surface area contributed by atoms with Gasteiger partial charge in [-0.25, -0.2) is 4.99 Å². The van der Waals surface area contributed by atoms with Gasteiger partial charge < -0.3 is 4.57 Å². The molecule has 1 fully saturated rings. The van der Waals surface area contributed by atoms with Crippen molar-refractivity contribution in [3.05, 3.63) is 29.8 Å². The minimum Gasteiger partial charge on any atom is -0.328 e. The number of aryl methyl sites for hydroxylation is 1.